The third kappa shape index (κ3) is 2.21. The molecule has 0 spiro atoms. The molecule has 17 heavy (non-hydrogen) atoms. The van der Waals surface area contributed by atoms with E-state index in [1.165, 1.54) is 24.4 Å². The minimum Gasteiger partial charge on any atom is -0.326 e. The smallest absolute Gasteiger partial charge is 0.0449 e. The summed E-state index contributed by atoms with van der Waals surface area (Å²) in [6.45, 7) is 0.633. The van der Waals surface area contributed by atoms with Crippen LogP contribution < -0.4 is 5.73 Å². The second kappa shape index (κ2) is 4.74. The van der Waals surface area contributed by atoms with Crippen LogP contribution in [0.1, 0.15) is 4.88 Å². The summed E-state index contributed by atoms with van der Waals surface area (Å²) in [4.78, 5) is 6.58. The van der Waals surface area contributed by atoms with Gasteiger partial charge < -0.3 is 5.73 Å². The third-order valence-electron chi connectivity index (χ3n) is 2.48. The van der Waals surface area contributed by atoms with E-state index in [0.717, 1.165) is 0 Å². The minimum absolute atomic E-state index is 0.633. The van der Waals surface area contributed by atoms with Crippen molar-refractivity contribution in [3.8, 4) is 19.5 Å². The van der Waals surface area contributed by atoms with Crippen LogP contribution in [0.3, 0.4) is 0 Å². The van der Waals surface area contributed by atoms with E-state index in [-0.39, 0.29) is 0 Å². The monoisotopic (exact) mass is 277 g/mol. The van der Waals surface area contributed by atoms with Crippen molar-refractivity contribution in [2.45, 2.75) is 6.54 Å². The van der Waals surface area contributed by atoms with Gasteiger partial charge in [-0.2, -0.15) is 0 Å². The average molecular weight is 277 g/mol. The Morgan fingerprint density at radius 2 is 1.53 bits per heavy atom. The molecule has 0 aromatic carbocycles. The zero-order chi connectivity index (χ0) is 11.7. The quantitative estimate of drug-likeness (QED) is 0.740. The maximum atomic E-state index is 5.64. The van der Waals surface area contributed by atoms with Gasteiger partial charge in [-0.1, -0.05) is 6.07 Å². The van der Waals surface area contributed by atoms with Crippen LogP contribution in [-0.4, -0.2) is 0 Å². The summed E-state index contributed by atoms with van der Waals surface area (Å²) in [7, 11) is 0. The zero-order valence-corrected chi connectivity index (χ0v) is 11.5. The largest absolute Gasteiger partial charge is 0.326 e. The molecule has 0 aliphatic rings. The van der Waals surface area contributed by atoms with E-state index in [4.69, 9.17) is 5.73 Å². The van der Waals surface area contributed by atoms with E-state index in [2.05, 4.69) is 41.8 Å². The Morgan fingerprint density at radius 3 is 2.18 bits per heavy atom. The van der Waals surface area contributed by atoms with Gasteiger partial charge in [0.25, 0.3) is 0 Å². The normalized spacial score (nSPS) is 10.9. The summed E-state index contributed by atoms with van der Waals surface area (Å²) in [5, 5.41) is 2.12. The van der Waals surface area contributed by atoms with Crippen molar-refractivity contribution in [1.82, 2.24) is 0 Å². The van der Waals surface area contributed by atoms with E-state index >= 15 is 0 Å². The highest BCUT2D eigenvalue weighted by molar-refractivity contribution is 7.26. The van der Waals surface area contributed by atoms with Crippen molar-refractivity contribution in [2.24, 2.45) is 5.73 Å². The SMILES string of the molecule is NCc1ccc(-c2ccc(-c3cccs3)s2)s1. The maximum absolute atomic E-state index is 5.64. The predicted molar refractivity (Wildman–Crippen MR) is 78.8 cm³/mol. The first kappa shape index (κ1) is 11.2. The Bertz CT molecular complexity index is 604. The molecule has 1 nitrogen and oxygen atoms in total. The molecule has 3 rings (SSSR count). The molecule has 0 atom stereocenters. The average Bonchev–Trinajstić information content (AvgIpc) is 3.09. The fourth-order valence-corrected chi connectivity index (χ4v) is 4.46. The van der Waals surface area contributed by atoms with Crippen molar-refractivity contribution in [2.75, 3.05) is 0 Å². The molecule has 0 amide bonds. The van der Waals surface area contributed by atoms with Crippen LogP contribution in [0.25, 0.3) is 19.5 Å². The molecule has 0 saturated heterocycles. The molecule has 4 heteroatoms. The Hall–Kier alpha value is -0.940. The topological polar surface area (TPSA) is 26.0 Å². The molecule has 0 radical (unpaired) electrons. The van der Waals surface area contributed by atoms with Gasteiger partial charge in [0.05, 0.1) is 0 Å². The molecule has 2 N–H and O–H groups in total. The lowest BCUT2D eigenvalue weighted by Gasteiger charge is -1.90. The van der Waals surface area contributed by atoms with E-state index in [9.17, 15) is 0 Å². The minimum atomic E-state index is 0.633. The van der Waals surface area contributed by atoms with Crippen LogP contribution in [0.4, 0.5) is 0 Å². The van der Waals surface area contributed by atoms with Crippen molar-refractivity contribution in [3.05, 3.63) is 46.7 Å². The van der Waals surface area contributed by atoms with Crippen molar-refractivity contribution in [3.63, 3.8) is 0 Å². The molecule has 3 heterocycles. The molecule has 0 unspecified atom stereocenters. The molecule has 3 aromatic heterocycles. The van der Waals surface area contributed by atoms with Crippen LogP contribution in [0.2, 0.25) is 0 Å². The van der Waals surface area contributed by atoms with Gasteiger partial charge in [0, 0.05) is 30.9 Å². The third-order valence-corrected chi connectivity index (χ3v) is 5.93. The van der Waals surface area contributed by atoms with Crippen LogP contribution in [0.15, 0.2) is 41.8 Å². The van der Waals surface area contributed by atoms with Crippen LogP contribution in [0.5, 0.6) is 0 Å². The Kier molecular flexibility index (Phi) is 3.11. The lowest BCUT2D eigenvalue weighted by atomic mass is 10.3. The number of nitrogens with two attached hydrogens (primary N) is 1. The zero-order valence-electron chi connectivity index (χ0n) is 9.05. The highest BCUT2D eigenvalue weighted by atomic mass is 32.1. The molecular formula is C13H11NS3. The van der Waals surface area contributed by atoms with Gasteiger partial charge in [-0.15, -0.1) is 34.0 Å². The van der Waals surface area contributed by atoms with E-state index in [0.29, 0.717) is 6.54 Å². The first-order chi connectivity index (χ1) is 8.36. The summed E-state index contributed by atoms with van der Waals surface area (Å²) in [5.41, 5.74) is 5.64. The van der Waals surface area contributed by atoms with E-state index in [1.54, 1.807) is 22.7 Å². The molecule has 0 saturated carbocycles. The van der Waals surface area contributed by atoms with Gasteiger partial charge in [0.2, 0.25) is 0 Å². The van der Waals surface area contributed by atoms with E-state index < -0.39 is 0 Å². The summed E-state index contributed by atoms with van der Waals surface area (Å²) in [5.74, 6) is 0. The molecule has 86 valence electrons. The standard InChI is InChI=1S/C13H11NS3/c14-8-9-3-4-12(16-9)13-6-5-11(17-13)10-2-1-7-15-10/h1-7H,8,14H2. The molecule has 0 aliphatic carbocycles. The molecule has 3 aromatic rings. The summed E-state index contributed by atoms with van der Waals surface area (Å²) in [6.07, 6.45) is 0. The Morgan fingerprint density at radius 1 is 0.824 bits per heavy atom. The molecule has 0 aliphatic heterocycles. The highest BCUT2D eigenvalue weighted by Gasteiger charge is 2.07. The van der Waals surface area contributed by atoms with Crippen LogP contribution in [-0.2, 0) is 6.54 Å². The van der Waals surface area contributed by atoms with Gasteiger partial charge in [-0.3, -0.25) is 0 Å². The van der Waals surface area contributed by atoms with Crippen molar-refractivity contribution < 1.29 is 0 Å². The van der Waals surface area contributed by atoms with E-state index in [1.807, 2.05) is 11.3 Å². The van der Waals surface area contributed by atoms with Gasteiger partial charge in [-0.25, -0.2) is 0 Å². The lowest BCUT2D eigenvalue weighted by molar-refractivity contribution is 1.11. The first-order valence-electron chi connectivity index (χ1n) is 5.29. The second-order valence-electron chi connectivity index (χ2n) is 3.61. The van der Waals surface area contributed by atoms with Crippen LogP contribution >= 0.6 is 34.0 Å². The summed E-state index contributed by atoms with van der Waals surface area (Å²) in [6, 6.07) is 12.9. The van der Waals surface area contributed by atoms with Crippen molar-refractivity contribution in [1.29, 1.82) is 0 Å². The van der Waals surface area contributed by atoms with Gasteiger partial charge >= 0.3 is 0 Å². The summed E-state index contributed by atoms with van der Waals surface area (Å²) < 4.78 is 0. The van der Waals surface area contributed by atoms with Gasteiger partial charge in [0.1, 0.15) is 0 Å². The maximum Gasteiger partial charge on any atom is 0.0449 e. The highest BCUT2D eigenvalue weighted by Crippen LogP contribution is 2.38. The second-order valence-corrected chi connectivity index (χ2v) is 6.81. The number of hydrogen-bond acceptors (Lipinski definition) is 4. The Labute approximate surface area is 112 Å². The predicted octanol–water partition coefficient (Wildman–Crippen LogP) is 4.66. The summed E-state index contributed by atoms with van der Waals surface area (Å²) >= 11 is 5.42. The fraction of sp³-hybridized carbons (Fsp3) is 0.0769. The van der Waals surface area contributed by atoms with Crippen molar-refractivity contribution >= 4 is 34.0 Å². The number of rotatable bonds is 3. The number of thiophene rings is 3. The molecule has 0 fully saturated rings. The first-order valence-corrected chi connectivity index (χ1v) is 7.81. The molecule has 0 bridgehead atoms. The fourth-order valence-electron chi connectivity index (χ4n) is 1.64. The van der Waals surface area contributed by atoms with Crippen LogP contribution in [0, 0.1) is 0 Å². The molecular weight excluding hydrogens is 266 g/mol. The Balaban J connectivity index is 1.94. The lowest BCUT2D eigenvalue weighted by Crippen LogP contribution is -1.90. The van der Waals surface area contributed by atoms with Gasteiger partial charge in [-0.05, 0) is 35.7 Å². The van der Waals surface area contributed by atoms with Gasteiger partial charge in [0.15, 0.2) is 0 Å². The number of hydrogen-bond donors (Lipinski definition) is 1.